The van der Waals surface area contributed by atoms with Crippen LogP contribution in [0, 0.1) is 59.1 Å². The van der Waals surface area contributed by atoms with E-state index in [0.29, 0.717) is 34.9 Å². The van der Waals surface area contributed by atoms with Gasteiger partial charge in [-0.25, -0.2) is 14.4 Å². The van der Waals surface area contributed by atoms with Crippen molar-refractivity contribution in [3.8, 4) is 97.1 Å². The van der Waals surface area contributed by atoms with Gasteiger partial charge in [-0.1, -0.05) is 62.4 Å². The Balaban J connectivity index is 0.000000114. The van der Waals surface area contributed by atoms with Gasteiger partial charge in [0.25, 0.3) is 0 Å². The summed E-state index contributed by atoms with van der Waals surface area (Å²) in [5, 5.41) is 30.2. The Labute approximate surface area is 565 Å². The third kappa shape index (κ3) is 11.7. The molecule has 0 amide bonds. The van der Waals surface area contributed by atoms with Crippen molar-refractivity contribution in [1.29, 1.82) is 10.5 Å². The summed E-state index contributed by atoms with van der Waals surface area (Å²) in [6.07, 6.45) is 20.1. The number of rotatable bonds is 9. The number of nitriles is 2. The first-order chi connectivity index (χ1) is 47.4. The van der Waals surface area contributed by atoms with Crippen LogP contribution in [0.3, 0.4) is 0 Å². The third-order valence-corrected chi connectivity index (χ3v) is 20.8. The highest BCUT2D eigenvalue weighted by molar-refractivity contribution is 5.76. The molecule has 2 saturated heterocycles. The normalized spacial score (nSPS) is 18.3. The summed E-state index contributed by atoms with van der Waals surface area (Å²) in [5.74, 6) is 5.32. The van der Waals surface area contributed by atoms with Crippen molar-refractivity contribution in [1.82, 2.24) is 52.9 Å². The summed E-state index contributed by atoms with van der Waals surface area (Å²) < 4.78 is 26.8. The van der Waals surface area contributed by atoms with Crippen LogP contribution >= 0.6 is 0 Å². The van der Waals surface area contributed by atoms with Crippen molar-refractivity contribution in [2.45, 2.75) is 78.6 Å². The molecular formula is C80H77FN16. The number of fused-ring (bicyclic) bond motifs is 15. The number of nitrogens with two attached hydrogens (primary N) is 1. The van der Waals surface area contributed by atoms with E-state index in [1.807, 2.05) is 86.3 Å². The van der Waals surface area contributed by atoms with E-state index in [1.165, 1.54) is 70.0 Å². The van der Waals surface area contributed by atoms with Crippen LogP contribution in [0.25, 0.3) is 85.0 Å². The number of benzene rings is 6. The molecule has 3 N–H and O–H groups in total. The largest absolute Gasteiger partial charge is 0.371 e. The van der Waals surface area contributed by atoms with Crippen molar-refractivity contribution in [3.05, 3.63) is 234 Å². The molecule has 11 heterocycles. The maximum atomic E-state index is 13.4. The fraction of sp³-hybridized carbons (Fsp3) is 0.275. The molecule has 6 aliphatic rings. The van der Waals surface area contributed by atoms with Gasteiger partial charge in [-0.15, -0.1) is 10.2 Å². The van der Waals surface area contributed by atoms with Crippen molar-refractivity contribution in [2.24, 2.45) is 29.4 Å². The van der Waals surface area contributed by atoms with E-state index in [9.17, 15) is 4.39 Å². The van der Waals surface area contributed by atoms with Gasteiger partial charge in [0.05, 0.1) is 57.4 Å². The Morgan fingerprint density at radius 1 is 0.598 bits per heavy atom. The minimum absolute atomic E-state index is 0.218. The molecule has 6 aromatic heterocycles. The van der Waals surface area contributed by atoms with E-state index >= 15 is 0 Å². The maximum absolute atomic E-state index is 13.4. The molecule has 16 nitrogen and oxygen atoms in total. The van der Waals surface area contributed by atoms with Crippen LogP contribution in [0.2, 0.25) is 0 Å². The van der Waals surface area contributed by atoms with Crippen molar-refractivity contribution < 1.29 is 4.39 Å². The van der Waals surface area contributed by atoms with Gasteiger partial charge in [0.1, 0.15) is 12.1 Å². The Kier molecular flexibility index (Phi) is 16.0. The number of halogens is 1. The van der Waals surface area contributed by atoms with E-state index in [0.717, 1.165) is 157 Å². The molecule has 0 radical (unpaired) electrons. The van der Waals surface area contributed by atoms with E-state index in [-0.39, 0.29) is 5.82 Å². The van der Waals surface area contributed by atoms with Gasteiger partial charge in [0.2, 0.25) is 0 Å². The van der Waals surface area contributed by atoms with Crippen LogP contribution in [0.15, 0.2) is 189 Å². The Hall–Kier alpha value is -10.9. The first kappa shape index (κ1) is 61.1. The van der Waals surface area contributed by atoms with E-state index in [2.05, 4.69) is 182 Å². The van der Waals surface area contributed by atoms with Crippen LogP contribution in [0.1, 0.15) is 78.6 Å². The SMILES string of the molecule is CNC[C@H]1CN(c2ccc3c(c2)Cn2cc(-c4ccc(F)cc4)cc2-c2nccn2-3)C[C@@H]1C.C[C@H]1CCCN(c2ccc3c(c2)Cn2cc(-c4ccc(C#N)cc4)cc2-c2nncn2-3)C1.Cc1cnc2n1-c1ccc(CC3CC(N)C3)cc1Cn1cc(-c3ccc(C#N)cc3)cc1-2. The van der Waals surface area contributed by atoms with Gasteiger partial charge in [-0.3, -0.25) is 13.7 Å². The van der Waals surface area contributed by atoms with Gasteiger partial charge < -0.3 is 34.6 Å². The quantitative estimate of drug-likeness (QED) is 0.142. The molecule has 1 saturated carbocycles. The third-order valence-electron chi connectivity index (χ3n) is 20.8. The van der Waals surface area contributed by atoms with Gasteiger partial charge >= 0.3 is 0 Å². The molecule has 0 spiro atoms. The minimum Gasteiger partial charge on any atom is -0.371 e. The van der Waals surface area contributed by atoms with E-state index in [1.54, 1.807) is 6.33 Å². The Morgan fingerprint density at radius 3 is 1.76 bits per heavy atom. The molecule has 18 rings (SSSR count). The fourth-order valence-electron chi connectivity index (χ4n) is 15.7. The Morgan fingerprint density at radius 2 is 1.16 bits per heavy atom. The maximum Gasteiger partial charge on any atom is 0.185 e. The van der Waals surface area contributed by atoms with Gasteiger partial charge in [-0.05, 0) is 212 Å². The summed E-state index contributed by atoms with van der Waals surface area (Å²) in [6, 6.07) is 54.0. The summed E-state index contributed by atoms with van der Waals surface area (Å²) in [7, 11) is 2.04. The number of imidazole rings is 2. The summed E-state index contributed by atoms with van der Waals surface area (Å²) >= 11 is 0. The average Bonchev–Trinajstić information content (AvgIpc) is 1.62. The summed E-state index contributed by atoms with van der Waals surface area (Å²) in [5.41, 5.74) is 29.6. The number of piperidine rings is 1. The lowest BCUT2D eigenvalue weighted by Gasteiger charge is -2.33. The second-order valence-electron chi connectivity index (χ2n) is 27.6. The van der Waals surface area contributed by atoms with Crippen LogP contribution < -0.4 is 20.9 Å². The molecule has 17 heteroatoms. The number of anilines is 2. The highest BCUT2D eigenvalue weighted by atomic mass is 19.1. The molecule has 484 valence electrons. The van der Waals surface area contributed by atoms with Crippen LogP contribution in [-0.2, 0) is 26.1 Å². The molecule has 0 bridgehead atoms. The highest BCUT2D eigenvalue weighted by Gasteiger charge is 2.32. The van der Waals surface area contributed by atoms with Crippen molar-refractivity contribution in [3.63, 3.8) is 0 Å². The number of nitrogens with one attached hydrogen (secondary N) is 1. The van der Waals surface area contributed by atoms with Crippen molar-refractivity contribution in [2.75, 3.05) is 49.6 Å². The standard InChI is InChI=1S/C27H28FN5.C27H25N5.C26H24N6/c1-18-14-31(17-22(18)13-29-2)24-7-8-25-21(11-24)16-32-15-20(19-3-5-23(28)6-4-19)12-26(32)27-30-9-10-33(25)27;1-17-14-30-27-26-12-22(21-5-2-18(13-28)3-6-21)15-31(26)16-23-9-19(4-7-25(23)32(17)27)8-20-10-24(29)11-20;1-18-3-2-10-30(14-18)23-8-9-24-22(11-23)16-31-15-21(20-6-4-19(13-27)5-7-20)12-25(31)26-29-28-17-32(24)26/h3-12,15,18,22,29H,13-14,16-17H2,1-2H3;2-7,9,12,14-15,20,24H,8,10-11,16,29H2,1H3;4-9,11-12,15,17-18H,2-3,10,14,16H2,1H3/t18-,22-;;18-/m0.0/s1. The zero-order valence-corrected chi connectivity index (χ0v) is 55.2. The number of hydrogen-bond donors (Lipinski definition) is 2. The van der Waals surface area contributed by atoms with E-state index in [4.69, 9.17) is 21.2 Å². The predicted molar refractivity (Wildman–Crippen MR) is 380 cm³/mol. The molecule has 12 aromatic rings. The minimum atomic E-state index is -0.218. The molecule has 3 atom stereocenters. The number of aromatic nitrogens is 10. The molecule has 6 aromatic carbocycles. The average molecular weight is 1280 g/mol. The smallest absolute Gasteiger partial charge is 0.185 e. The number of nitrogens with zero attached hydrogens (tertiary/aromatic N) is 14. The van der Waals surface area contributed by atoms with Crippen LogP contribution in [0.4, 0.5) is 15.8 Å². The molecule has 1 aliphatic carbocycles. The van der Waals surface area contributed by atoms with Gasteiger partial charge in [0, 0.05) is 123 Å². The predicted octanol–water partition coefficient (Wildman–Crippen LogP) is 14.5. The first-order valence-corrected chi connectivity index (χ1v) is 34.0. The zero-order valence-electron chi connectivity index (χ0n) is 55.2. The summed E-state index contributed by atoms with van der Waals surface area (Å²) in [6.45, 7) is 14.6. The zero-order chi connectivity index (χ0) is 66.0. The van der Waals surface area contributed by atoms with E-state index < -0.39 is 0 Å². The molecule has 3 fully saturated rings. The van der Waals surface area contributed by atoms with Crippen LogP contribution in [0.5, 0.6) is 0 Å². The van der Waals surface area contributed by atoms with Gasteiger partial charge in [-0.2, -0.15) is 10.5 Å². The molecular weight excluding hydrogens is 1200 g/mol. The number of hydrogen-bond acceptors (Lipinski definition) is 10. The molecule has 0 unspecified atom stereocenters. The molecule has 5 aliphatic heterocycles. The first-order valence-electron chi connectivity index (χ1n) is 34.0. The summed E-state index contributed by atoms with van der Waals surface area (Å²) in [4.78, 5) is 14.5. The fourth-order valence-corrected chi connectivity index (χ4v) is 15.7. The van der Waals surface area contributed by atoms with Crippen LogP contribution in [-0.4, -0.2) is 93.4 Å². The molecule has 97 heavy (non-hydrogen) atoms. The monoisotopic (exact) mass is 1280 g/mol. The van der Waals surface area contributed by atoms with Crippen molar-refractivity contribution >= 4 is 11.4 Å². The highest BCUT2D eigenvalue weighted by Crippen LogP contribution is 2.41. The second-order valence-corrected chi connectivity index (χ2v) is 27.6. The topological polar surface area (TPSA) is 173 Å². The lowest BCUT2D eigenvalue weighted by Crippen LogP contribution is -2.37. The number of aryl methyl sites for hydroxylation is 1. The second kappa shape index (κ2) is 25.4. The lowest BCUT2D eigenvalue weighted by atomic mass is 9.77. The lowest BCUT2D eigenvalue weighted by molar-refractivity contribution is 0.264. The Bertz CT molecular complexity index is 4990. The van der Waals surface area contributed by atoms with Gasteiger partial charge in [0.15, 0.2) is 17.5 Å².